The number of ether oxygens (including phenoxy) is 1. The van der Waals surface area contributed by atoms with E-state index in [-0.39, 0.29) is 42.8 Å². The second kappa shape index (κ2) is 10.7. The topological polar surface area (TPSA) is 95.9 Å². The normalized spacial score (nSPS) is 18.6. The maximum absolute atomic E-state index is 13.6. The molecule has 0 bridgehead atoms. The number of hydrogen-bond acceptors (Lipinski definition) is 6. The van der Waals surface area contributed by atoms with E-state index in [9.17, 15) is 14.7 Å². The molecule has 182 valence electrons. The molecule has 1 N–H and O–H groups in total. The number of amides is 2. The fourth-order valence-electron chi connectivity index (χ4n) is 4.15. The molecule has 0 saturated carbocycles. The van der Waals surface area contributed by atoms with Crippen molar-refractivity contribution in [2.75, 3.05) is 26.7 Å². The van der Waals surface area contributed by atoms with E-state index < -0.39 is 6.10 Å². The number of fused-ring (bicyclic) bond motifs is 1. The first-order valence-corrected chi connectivity index (χ1v) is 11.7. The monoisotopic (exact) mass is 474 g/mol. The Balaban J connectivity index is 1.68. The summed E-state index contributed by atoms with van der Waals surface area (Å²) < 4.78 is 6.29. The largest absolute Gasteiger partial charge is 0.472 e. The van der Waals surface area contributed by atoms with E-state index in [4.69, 9.17) is 4.74 Å². The molecule has 0 saturated heterocycles. The lowest BCUT2D eigenvalue weighted by Gasteiger charge is -2.37. The number of carbonyl (C=O) groups excluding carboxylic acids is 2. The SMILES string of the molecule is C[C@H](CO)N1C[C@H](C)[C@H](CN(C)C(=O)c2ccccn2)Oc2ncc(-c3ccccc3)cc2C1=O. The summed E-state index contributed by atoms with van der Waals surface area (Å²) in [7, 11) is 1.71. The Bertz CT molecular complexity index is 1170. The highest BCUT2D eigenvalue weighted by atomic mass is 16.5. The average Bonchev–Trinajstić information content (AvgIpc) is 2.90. The molecule has 3 heterocycles. The van der Waals surface area contributed by atoms with Gasteiger partial charge in [0, 0.05) is 37.5 Å². The summed E-state index contributed by atoms with van der Waals surface area (Å²) in [5.41, 5.74) is 2.42. The van der Waals surface area contributed by atoms with Gasteiger partial charge in [-0.05, 0) is 30.7 Å². The summed E-state index contributed by atoms with van der Waals surface area (Å²) >= 11 is 0. The number of carbonyl (C=O) groups is 2. The maximum atomic E-state index is 13.6. The number of aromatic nitrogens is 2. The van der Waals surface area contributed by atoms with E-state index in [2.05, 4.69) is 9.97 Å². The van der Waals surface area contributed by atoms with Crippen molar-refractivity contribution in [3.8, 4) is 17.0 Å². The van der Waals surface area contributed by atoms with Crippen LogP contribution >= 0.6 is 0 Å². The van der Waals surface area contributed by atoms with Crippen LogP contribution < -0.4 is 4.74 Å². The van der Waals surface area contributed by atoms with E-state index in [0.29, 0.717) is 17.8 Å². The number of aliphatic hydroxyl groups is 1. The third-order valence-corrected chi connectivity index (χ3v) is 6.31. The number of aliphatic hydroxyl groups excluding tert-OH is 1. The van der Waals surface area contributed by atoms with Crippen molar-refractivity contribution in [1.29, 1.82) is 0 Å². The summed E-state index contributed by atoms with van der Waals surface area (Å²) in [6.07, 6.45) is 2.84. The van der Waals surface area contributed by atoms with Crippen LogP contribution in [-0.4, -0.2) is 75.6 Å². The first-order chi connectivity index (χ1) is 16.9. The molecule has 3 aromatic rings. The third-order valence-electron chi connectivity index (χ3n) is 6.31. The molecule has 4 rings (SSSR count). The minimum absolute atomic E-state index is 0.129. The smallest absolute Gasteiger partial charge is 0.272 e. The van der Waals surface area contributed by atoms with E-state index >= 15 is 0 Å². The molecule has 0 aliphatic carbocycles. The second-order valence-electron chi connectivity index (χ2n) is 8.97. The highest BCUT2D eigenvalue weighted by molar-refractivity contribution is 5.98. The first kappa shape index (κ1) is 24.3. The molecule has 1 aromatic carbocycles. The number of benzene rings is 1. The van der Waals surface area contributed by atoms with Gasteiger partial charge in [-0.1, -0.05) is 43.3 Å². The molecule has 2 aromatic heterocycles. The summed E-state index contributed by atoms with van der Waals surface area (Å²) in [6, 6.07) is 16.3. The number of rotatable bonds is 6. The fourth-order valence-corrected chi connectivity index (χ4v) is 4.15. The quantitative estimate of drug-likeness (QED) is 0.590. The van der Waals surface area contributed by atoms with Crippen molar-refractivity contribution in [1.82, 2.24) is 19.8 Å². The van der Waals surface area contributed by atoms with Gasteiger partial charge in [-0.15, -0.1) is 0 Å². The minimum atomic E-state index is -0.428. The van der Waals surface area contributed by atoms with E-state index in [1.165, 1.54) is 0 Å². The molecule has 1 aliphatic heterocycles. The Labute approximate surface area is 205 Å². The lowest BCUT2D eigenvalue weighted by atomic mass is 9.99. The Kier molecular flexibility index (Phi) is 7.41. The van der Waals surface area contributed by atoms with E-state index in [1.54, 1.807) is 53.5 Å². The number of nitrogens with zero attached hydrogens (tertiary/aromatic N) is 4. The van der Waals surface area contributed by atoms with Crippen LogP contribution in [0.15, 0.2) is 67.0 Å². The van der Waals surface area contributed by atoms with Crippen molar-refractivity contribution in [2.45, 2.75) is 26.0 Å². The van der Waals surface area contributed by atoms with Gasteiger partial charge >= 0.3 is 0 Å². The molecule has 3 atom stereocenters. The molecule has 35 heavy (non-hydrogen) atoms. The van der Waals surface area contributed by atoms with Crippen molar-refractivity contribution < 1.29 is 19.4 Å². The molecule has 1 aliphatic rings. The zero-order chi connectivity index (χ0) is 24.9. The predicted molar refractivity (Wildman–Crippen MR) is 132 cm³/mol. The van der Waals surface area contributed by atoms with Crippen LogP contribution in [-0.2, 0) is 0 Å². The fraction of sp³-hybridized carbons (Fsp3) is 0.333. The van der Waals surface area contributed by atoms with Gasteiger partial charge in [-0.25, -0.2) is 4.98 Å². The standard InChI is InChI=1S/C27H30N4O4/c1-18-15-31(19(2)17-32)26(33)22-13-21(20-9-5-4-6-10-20)14-29-25(22)35-24(18)16-30(3)27(34)23-11-7-8-12-28-23/h4-14,18-19,24,32H,15-17H2,1-3H3/t18-,19+,24-/m0/s1. The second-order valence-corrected chi connectivity index (χ2v) is 8.97. The minimum Gasteiger partial charge on any atom is -0.472 e. The number of likely N-dealkylation sites (N-methyl/N-ethyl adjacent to an activating group) is 1. The zero-order valence-corrected chi connectivity index (χ0v) is 20.2. The Morgan fingerprint density at radius 1 is 1.17 bits per heavy atom. The predicted octanol–water partition coefficient (Wildman–Crippen LogP) is 3.14. The summed E-state index contributed by atoms with van der Waals surface area (Å²) in [5.74, 6) is -0.362. The van der Waals surface area contributed by atoms with Crippen LogP contribution in [0.25, 0.3) is 11.1 Å². The molecule has 0 spiro atoms. The lowest BCUT2D eigenvalue weighted by Crippen LogP contribution is -2.50. The Hall–Kier alpha value is -3.78. The Morgan fingerprint density at radius 2 is 1.91 bits per heavy atom. The highest BCUT2D eigenvalue weighted by Gasteiger charge is 2.35. The molecule has 2 amide bonds. The van der Waals surface area contributed by atoms with Crippen LogP contribution in [0.4, 0.5) is 0 Å². The van der Waals surface area contributed by atoms with Gasteiger partial charge in [0.15, 0.2) is 0 Å². The van der Waals surface area contributed by atoms with Gasteiger partial charge in [0.2, 0.25) is 5.88 Å². The Morgan fingerprint density at radius 3 is 2.60 bits per heavy atom. The molecule has 0 fully saturated rings. The third kappa shape index (κ3) is 5.33. The molecule has 0 unspecified atom stereocenters. The molecular formula is C27H30N4O4. The van der Waals surface area contributed by atoms with Crippen molar-refractivity contribution in [3.05, 3.63) is 78.2 Å². The van der Waals surface area contributed by atoms with Gasteiger partial charge in [-0.3, -0.25) is 14.6 Å². The van der Waals surface area contributed by atoms with Crippen LogP contribution in [0.2, 0.25) is 0 Å². The summed E-state index contributed by atoms with van der Waals surface area (Å²) in [6.45, 7) is 4.27. The van der Waals surface area contributed by atoms with Crippen molar-refractivity contribution in [3.63, 3.8) is 0 Å². The summed E-state index contributed by atoms with van der Waals surface area (Å²) in [4.78, 5) is 38.4. The molecule has 8 heteroatoms. The van der Waals surface area contributed by atoms with Gasteiger partial charge in [0.25, 0.3) is 11.8 Å². The van der Waals surface area contributed by atoms with E-state index in [0.717, 1.165) is 11.1 Å². The molecule has 8 nitrogen and oxygen atoms in total. The number of pyridine rings is 2. The van der Waals surface area contributed by atoms with Crippen molar-refractivity contribution >= 4 is 11.8 Å². The van der Waals surface area contributed by atoms with Crippen LogP contribution in [0.1, 0.15) is 34.7 Å². The van der Waals surface area contributed by atoms with Gasteiger partial charge in [0.1, 0.15) is 17.4 Å². The highest BCUT2D eigenvalue weighted by Crippen LogP contribution is 2.30. The summed E-state index contributed by atoms with van der Waals surface area (Å²) in [5, 5.41) is 9.84. The van der Waals surface area contributed by atoms with E-state index in [1.807, 2.05) is 44.2 Å². The molecule has 0 radical (unpaired) electrons. The van der Waals surface area contributed by atoms with Gasteiger partial charge in [0.05, 0.1) is 19.2 Å². The molecular weight excluding hydrogens is 444 g/mol. The van der Waals surface area contributed by atoms with Crippen LogP contribution in [0.3, 0.4) is 0 Å². The van der Waals surface area contributed by atoms with Crippen molar-refractivity contribution in [2.24, 2.45) is 5.92 Å². The zero-order valence-electron chi connectivity index (χ0n) is 20.2. The van der Waals surface area contributed by atoms with Gasteiger partial charge < -0.3 is 19.6 Å². The lowest BCUT2D eigenvalue weighted by molar-refractivity contribution is 0.0312. The van der Waals surface area contributed by atoms with Gasteiger partial charge in [-0.2, -0.15) is 0 Å². The van der Waals surface area contributed by atoms with Crippen LogP contribution in [0, 0.1) is 5.92 Å². The maximum Gasteiger partial charge on any atom is 0.272 e. The number of hydrogen-bond donors (Lipinski definition) is 1. The van der Waals surface area contributed by atoms with Crippen LogP contribution in [0.5, 0.6) is 5.88 Å². The average molecular weight is 475 g/mol. The first-order valence-electron chi connectivity index (χ1n) is 11.7.